The van der Waals surface area contributed by atoms with E-state index < -0.39 is 0 Å². The van der Waals surface area contributed by atoms with Gasteiger partial charge in [-0.1, -0.05) is 6.92 Å². The van der Waals surface area contributed by atoms with E-state index in [4.69, 9.17) is 4.42 Å². The molecule has 3 heterocycles. The molecule has 0 radical (unpaired) electrons. The molecule has 1 saturated heterocycles. The Morgan fingerprint density at radius 1 is 1.52 bits per heavy atom. The third-order valence-electron chi connectivity index (χ3n) is 4.37. The van der Waals surface area contributed by atoms with E-state index in [1.165, 1.54) is 19.5 Å². The number of nitrogens with zero attached hydrogens (tertiary/aromatic N) is 3. The quantitative estimate of drug-likeness (QED) is 0.883. The summed E-state index contributed by atoms with van der Waals surface area (Å²) >= 11 is 0. The zero-order valence-corrected chi connectivity index (χ0v) is 12.8. The fourth-order valence-electron chi connectivity index (χ4n) is 3.08. The molecule has 2 atom stereocenters. The molecule has 2 aromatic rings. The molecule has 114 valence electrons. The van der Waals surface area contributed by atoms with E-state index in [-0.39, 0.29) is 6.04 Å². The van der Waals surface area contributed by atoms with Gasteiger partial charge in [-0.3, -0.25) is 0 Å². The predicted octanol–water partition coefficient (Wildman–Crippen LogP) is 2.03. The van der Waals surface area contributed by atoms with Crippen molar-refractivity contribution in [1.82, 2.24) is 19.8 Å². The number of nitrogens with one attached hydrogen (secondary N) is 1. The number of aromatic nitrogens is 2. The molecule has 2 aromatic heterocycles. The van der Waals surface area contributed by atoms with Crippen molar-refractivity contribution >= 4 is 0 Å². The fraction of sp³-hybridized carbons (Fsp3) is 0.562. The molecule has 1 aliphatic heterocycles. The average Bonchev–Trinajstić information content (AvgIpc) is 3.22. The van der Waals surface area contributed by atoms with Crippen molar-refractivity contribution < 1.29 is 4.42 Å². The SMILES string of the molecule is CCN1CCC(CNC(c2ccco2)c2nccn2C)C1. The number of hydrogen-bond donors (Lipinski definition) is 1. The van der Waals surface area contributed by atoms with Crippen molar-refractivity contribution in [1.29, 1.82) is 0 Å². The minimum absolute atomic E-state index is 0.0238. The highest BCUT2D eigenvalue weighted by Gasteiger charge is 2.25. The zero-order valence-electron chi connectivity index (χ0n) is 12.8. The lowest BCUT2D eigenvalue weighted by Gasteiger charge is -2.19. The van der Waals surface area contributed by atoms with Gasteiger partial charge < -0.3 is 19.2 Å². The van der Waals surface area contributed by atoms with Gasteiger partial charge in [0.15, 0.2) is 0 Å². The van der Waals surface area contributed by atoms with E-state index in [0.29, 0.717) is 5.92 Å². The van der Waals surface area contributed by atoms with E-state index in [1.54, 1.807) is 6.26 Å². The molecule has 1 N–H and O–H groups in total. The first kappa shape index (κ1) is 14.4. The second-order valence-corrected chi connectivity index (χ2v) is 5.80. The second kappa shape index (κ2) is 6.45. The first-order valence-electron chi connectivity index (χ1n) is 7.74. The van der Waals surface area contributed by atoms with Crippen LogP contribution in [0.2, 0.25) is 0 Å². The van der Waals surface area contributed by atoms with Crippen molar-refractivity contribution in [2.24, 2.45) is 13.0 Å². The van der Waals surface area contributed by atoms with Crippen LogP contribution < -0.4 is 5.32 Å². The molecule has 0 aromatic carbocycles. The lowest BCUT2D eigenvalue weighted by Crippen LogP contribution is -2.31. The Labute approximate surface area is 126 Å². The highest BCUT2D eigenvalue weighted by molar-refractivity contribution is 5.15. The molecular weight excluding hydrogens is 264 g/mol. The Bertz CT molecular complexity index is 548. The molecule has 0 bridgehead atoms. The highest BCUT2D eigenvalue weighted by atomic mass is 16.3. The van der Waals surface area contributed by atoms with Gasteiger partial charge in [-0.2, -0.15) is 0 Å². The van der Waals surface area contributed by atoms with Gasteiger partial charge in [-0.25, -0.2) is 4.98 Å². The molecule has 2 unspecified atom stereocenters. The topological polar surface area (TPSA) is 46.2 Å². The first-order chi connectivity index (χ1) is 10.3. The molecule has 0 saturated carbocycles. The van der Waals surface area contributed by atoms with Crippen molar-refractivity contribution in [3.63, 3.8) is 0 Å². The summed E-state index contributed by atoms with van der Waals surface area (Å²) in [5, 5.41) is 3.65. The number of likely N-dealkylation sites (tertiary alicyclic amines) is 1. The van der Waals surface area contributed by atoms with Crippen LogP contribution in [0.3, 0.4) is 0 Å². The van der Waals surface area contributed by atoms with Crippen LogP contribution in [0.15, 0.2) is 35.2 Å². The van der Waals surface area contributed by atoms with Crippen molar-refractivity contribution in [3.05, 3.63) is 42.4 Å². The molecule has 21 heavy (non-hydrogen) atoms. The van der Waals surface area contributed by atoms with Gasteiger partial charge in [0.25, 0.3) is 0 Å². The minimum atomic E-state index is 0.0238. The van der Waals surface area contributed by atoms with Crippen LogP contribution in [0.1, 0.15) is 31.0 Å². The number of furan rings is 1. The maximum Gasteiger partial charge on any atom is 0.133 e. The fourth-order valence-corrected chi connectivity index (χ4v) is 3.08. The van der Waals surface area contributed by atoms with Gasteiger partial charge >= 0.3 is 0 Å². The number of rotatable bonds is 6. The normalized spacial score (nSPS) is 21.0. The maximum absolute atomic E-state index is 5.61. The van der Waals surface area contributed by atoms with Crippen LogP contribution in [0.25, 0.3) is 0 Å². The standard InChI is InChI=1S/C16H24N4O/c1-3-20-8-6-13(12-20)11-18-15(14-5-4-10-21-14)16-17-7-9-19(16)2/h4-5,7,9-10,13,15,18H,3,6,8,11-12H2,1-2H3. The summed E-state index contributed by atoms with van der Waals surface area (Å²) in [6.45, 7) is 6.78. The average molecular weight is 288 g/mol. The van der Waals surface area contributed by atoms with Gasteiger partial charge in [0.1, 0.15) is 17.6 Å². The molecule has 1 aliphatic rings. The summed E-state index contributed by atoms with van der Waals surface area (Å²) < 4.78 is 7.65. The smallest absolute Gasteiger partial charge is 0.133 e. The summed E-state index contributed by atoms with van der Waals surface area (Å²) in [7, 11) is 2.02. The molecule has 0 spiro atoms. The van der Waals surface area contributed by atoms with Crippen LogP contribution in [0.5, 0.6) is 0 Å². The highest BCUT2D eigenvalue weighted by Crippen LogP contribution is 2.22. The van der Waals surface area contributed by atoms with Crippen LogP contribution in [0.4, 0.5) is 0 Å². The van der Waals surface area contributed by atoms with Gasteiger partial charge in [-0.05, 0) is 37.6 Å². The Balaban J connectivity index is 1.68. The summed E-state index contributed by atoms with van der Waals surface area (Å²) in [5.74, 6) is 2.63. The van der Waals surface area contributed by atoms with Gasteiger partial charge in [0.05, 0.1) is 6.26 Å². The van der Waals surface area contributed by atoms with Crippen molar-refractivity contribution in [2.75, 3.05) is 26.2 Å². The van der Waals surface area contributed by atoms with Crippen molar-refractivity contribution in [3.8, 4) is 0 Å². The second-order valence-electron chi connectivity index (χ2n) is 5.80. The van der Waals surface area contributed by atoms with Crippen LogP contribution in [-0.4, -0.2) is 40.6 Å². The molecular formula is C16H24N4O. The summed E-state index contributed by atoms with van der Waals surface area (Å²) in [4.78, 5) is 6.99. The Morgan fingerprint density at radius 3 is 3.05 bits per heavy atom. The number of imidazole rings is 1. The Kier molecular flexibility index (Phi) is 4.41. The predicted molar refractivity (Wildman–Crippen MR) is 82.0 cm³/mol. The molecule has 3 rings (SSSR count). The van der Waals surface area contributed by atoms with Crippen LogP contribution >= 0.6 is 0 Å². The van der Waals surface area contributed by atoms with E-state index in [9.17, 15) is 0 Å². The van der Waals surface area contributed by atoms with Gasteiger partial charge in [0, 0.05) is 32.5 Å². The van der Waals surface area contributed by atoms with E-state index in [1.807, 2.05) is 36.1 Å². The number of aryl methyl sites for hydroxylation is 1. The third kappa shape index (κ3) is 3.19. The van der Waals surface area contributed by atoms with Crippen molar-refractivity contribution in [2.45, 2.75) is 19.4 Å². The zero-order chi connectivity index (χ0) is 14.7. The molecule has 5 nitrogen and oxygen atoms in total. The maximum atomic E-state index is 5.61. The lowest BCUT2D eigenvalue weighted by atomic mass is 10.1. The largest absolute Gasteiger partial charge is 0.467 e. The molecule has 0 amide bonds. The van der Waals surface area contributed by atoms with Crippen LogP contribution in [-0.2, 0) is 7.05 Å². The Hall–Kier alpha value is -1.59. The van der Waals surface area contributed by atoms with Gasteiger partial charge in [-0.15, -0.1) is 0 Å². The number of hydrogen-bond acceptors (Lipinski definition) is 4. The van der Waals surface area contributed by atoms with Crippen LogP contribution in [0, 0.1) is 5.92 Å². The minimum Gasteiger partial charge on any atom is -0.467 e. The van der Waals surface area contributed by atoms with E-state index >= 15 is 0 Å². The molecule has 0 aliphatic carbocycles. The summed E-state index contributed by atoms with van der Waals surface area (Å²) in [6.07, 6.45) is 6.80. The lowest BCUT2D eigenvalue weighted by molar-refractivity contribution is 0.332. The monoisotopic (exact) mass is 288 g/mol. The van der Waals surface area contributed by atoms with E-state index in [0.717, 1.165) is 24.7 Å². The van der Waals surface area contributed by atoms with E-state index in [2.05, 4.69) is 22.1 Å². The molecule has 5 heteroatoms. The Morgan fingerprint density at radius 2 is 2.43 bits per heavy atom. The third-order valence-corrected chi connectivity index (χ3v) is 4.37. The first-order valence-corrected chi connectivity index (χ1v) is 7.74. The summed E-state index contributed by atoms with van der Waals surface area (Å²) in [5.41, 5.74) is 0. The molecule has 1 fully saturated rings. The summed E-state index contributed by atoms with van der Waals surface area (Å²) in [6, 6.07) is 3.97. The van der Waals surface area contributed by atoms with Gasteiger partial charge in [0.2, 0.25) is 0 Å².